The van der Waals surface area contributed by atoms with E-state index < -0.39 is 17.3 Å². The van der Waals surface area contributed by atoms with Crippen LogP contribution in [0.5, 0.6) is 0 Å². The number of aromatic amines is 1. The third kappa shape index (κ3) is 2.45. The summed E-state index contributed by atoms with van der Waals surface area (Å²) < 4.78 is 37.8. The molecule has 2 rings (SSSR count). The van der Waals surface area contributed by atoms with Gasteiger partial charge in [-0.25, -0.2) is 0 Å². The van der Waals surface area contributed by atoms with E-state index in [0.717, 1.165) is 11.6 Å². The van der Waals surface area contributed by atoms with Crippen molar-refractivity contribution in [1.82, 2.24) is 4.98 Å². The average Bonchev–Trinajstić information content (AvgIpc) is 2.27. The number of aromatic nitrogens is 1. The van der Waals surface area contributed by atoms with Gasteiger partial charge in [-0.15, -0.1) is 0 Å². The molecule has 5 heteroatoms. The molecule has 0 unspecified atom stereocenters. The van der Waals surface area contributed by atoms with Crippen LogP contribution in [0.4, 0.5) is 13.2 Å². The van der Waals surface area contributed by atoms with E-state index in [4.69, 9.17) is 0 Å². The van der Waals surface area contributed by atoms with E-state index in [1.807, 2.05) is 0 Å². The molecule has 0 atom stereocenters. The van der Waals surface area contributed by atoms with E-state index in [-0.39, 0.29) is 5.69 Å². The Morgan fingerprint density at radius 3 is 2.39 bits per heavy atom. The molecule has 0 bridgehead atoms. The molecule has 94 valence electrons. The fraction of sp³-hybridized carbons (Fsp3) is 0.154. The van der Waals surface area contributed by atoms with Crippen molar-refractivity contribution in [2.75, 3.05) is 0 Å². The quantitative estimate of drug-likeness (QED) is 0.830. The topological polar surface area (TPSA) is 32.9 Å². The third-order valence-corrected chi connectivity index (χ3v) is 2.61. The lowest BCUT2D eigenvalue weighted by Gasteiger charge is -2.10. The van der Waals surface area contributed by atoms with E-state index in [0.29, 0.717) is 11.6 Å². The van der Waals surface area contributed by atoms with Crippen molar-refractivity contribution >= 4 is 0 Å². The second-order valence-electron chi connectivity index (χ2n) is 3.96. The van der Waals surface area contributed by atoms with Crippen LogP contribution in [-0.4, -0.2) is 4.98 Å². The van der Waals surface area contributed by atoms with Crippen LogP contribution in [0.25, 0.3) is 11.3 Å². The summed E-state index contributed by atoms with van der Waals surface area (Å²) in [4.78, 5) is 13.7. The van der Waals surface area contributed by atoms with Crippen LogP contribution in [-0.2, 0) is 6.18 Å². The van der Waals surface area contributed by atoms with Crippen LogP contribution in [0.2, 0.25) is 0 Å². The van der Waals surface area contributed by atoms with Gasteiger partial charge in [-0.2, -0.15) is 13.2 Å². The summed E-state index contributed by atoms with van der Waals surface area (Å²) in [6.07, 6.45) is -4.52. The van der Waals surface area contributed by atoms with Gasteiger partial charge in [-0.1, -0.05) is 24.3 Å². The van der Waals surface area contributed by atoms with Crippen LogP contribution in [0.1, 0.15) is 11.1 Å². The lowest BCUT2D eigenvalue weighted by Crippen LogP contribution is -2.14. The molecule has 0 aliphatic rings. The molecule has 0 radical (unpaired) electrons. The first-order valence-electron chi connectivity index (χ1n) is 5.25. The van der Waals surface area contributed by atoms with Gasteiger partial charge in [0.05, 0.1) is 5.56 Å². The predicted octanol–water partition coefficient (Wildman–Crippen LogP) is 3.37. The minimum absolute atomic E-state index is 0.174. The summed E-state index contributed by atoms with van der Waals surface area (Å²) >= 11 is 0. The van der Waals surface area contributed by atoms with Crippen LogP contribution in [0, 0.1) is 6.92 Å². The Labute approximate surface area is 101 Å². The standard InChI is InChI=1S/C13H10F3NO/c1-8-4-2-3-5-10(8)11-6-9(13(14,15)16)7-12(18)17-11/h2-7H,1H3,(H,17,18). The van der Waals surface area contributed by atoms with Gasteiger partial charge < -0.3 is 4.98 Å². The number of pyridine rings is 1. The number of H-pyrrole nitrogens is 1. The fourth-order valence-corrected chi connectivity index (χ4v) is 1.73. The molecule has 0 saturated heterocycles. The maximum absolute atomic E-state index is 12.6. The van der Waals surface area contributed by atoms with Gasteiger partial charge in [0.2, 0.25) is 5.56 Å². The summed E-state index contributed by atoms with van der Waals surface area (Å²) in [6, 6.07) is 8.44. The van der Waals surface area contributed by atoms with Gasteiger partial charge >= 0.3 is 6.18 Å². The molecule has 0 spiro atoms. The van der Waals surface area contributed by atoms with Crippen molar-refractivity contribution in [3.63, 3.8) is 0 Å². The summed E-state index contributed by atoms with van der Waals surface area (Å²) in [5.74, 6) is 0. The van der Waals surface area contributed by atoms with Gasteiger partial charge in [0.25, 0.3) is 0 Å². The van der Waals surface area contributed by atoms with Crippen LogP contribution in [0.15, 0.2) is 41.2 Å². The number of rotatable bonds is 1. The Balaban J connectivity index is 2.63. The Morgan fingerprint density at radius 2 is 1.78 bits per heavy atom. The molecule has 1 aromatic heterocycles. The number of nitrogens with one attached hydrogen (secondary N) is 1. The minimum atomic E-state index is -4.52. The van der Waals surface area contributed by atoms with Crippen molar-refractivity contribution in [2.24, 2.45) is 0 Å². The molecular formula is C13H10F3NO. The maximum Gasteiger partial charge on any atom is 0.416 e. The highest BCUT2D eigenvalue weighted by Gasteiger charge is 2.31. The largest absolute Gasteiger partial charge is 0.416 e. The first-order chi connectivity index (χ1) is 8.38. The molecular weight excluding hydrogens is 243 g/mol. The zero-order chi connectivity index (χ0) is 13.3. The molecule has 1 aromatic carbocycles. The zero-order valence-corrected chi connectivity index (χ0v) is 9.51. The Bertz CT molecular complexity index is 629. The molecule has 0 aliphatic carbocycles. The third-order valence-electron chi connectivity index (χ3n) is 2.61. The summed E-state index contributed by atoms with van der Waals surface area (Å²) in [5, 5.41) is 0. The summed E-state index contributed by atoms with van der Waals surface area (Å²) in [7, 11) is 0. The van der Waals surface area contributed by atoms with E-state index >= 15 is 0 Å². The molecule has 2 nitrogen and oxygen atoms in total. The number of benzene rings is 1. The van der Waals surface area contributed by atoms with Gasteiger partial charge in [0.15, 0.2) is 0 Å². The number of hydrogen-bond acceptors (Lipinski definition) is 1. The fourth-order valence-electron chi connectivity index (χ4n) is 1.73. The Morgan fingerprint density at radius 1 is 1.11 bits per heavy atom. The molecule has 0 aliphatic heterocycles. The van der Waals surface area contributed by atoms with Crippen molar-refractivity contribution in [2.45, 2.75) is 13.1 Å². The highest BCUT2D eigenvalue weighted by molar-refractivity contribution is 5.63. The number of halogens is 3. The number of aryl methyl sites for hydroxylation is 1. The highest BCUT2D eigenvalue weighted by Crippen LogP contribution is 2.30. The zero-order valence-electron chi connectivity index (χ0n) is 9.51. The minimum Gasteiger partial charge on any atom is -0.322 e. The van der Waals surface area contributed by atoms with E-state index in [1.165, 1.54) is 0 Å². The van der Waals surface area contributed by atoms with Crippen LogP contribution in [0.3, 0.4) is 0 Å². The van der Waals surface area contributed by atoms with E-state index in [1.54, 1.807) is 31.2 Å². The molecule has 2 aromatic rings. The number of hydrogen-bond donors (Lipinski definition) is 1. The van der Waals surface area contributed by atoms with Crippen molar-refractivity contribution in [3.8, 4) is 11.3 Å². The van der Waals surface area contributed by atoms with Crippen molar-refractivity contribution in [3.05, 3.63) is 57.9 Å². The van der Waals surface area contributed by atoms with Gasteiger partial charge in [-0.05, 0) is 18.6 Å². The SMILES string of the molecule is Cc1ccccc1-c1cc(C(F)(F)F)cc(=O)[nH]1. The number of alkyl halides is 3. The lowest BCUT2D eigenvalue weighted by atomic mass is 10.0. The van der Waals surface area contributed by atoms with Crippen molar-refractivity contribution < 1.29 is 13.2 Å². The van der Waals surface area contributed by atoms with Crippen LogP contribution >= 0.6 is 0 Å². The molecule has 1 N–H and O–H groups in total. The molecule has 0 amide bonds. The molecule has 18 heavy (non-hydrogen) atoms. The second-order valence-corrected chi connectivity index (χ2v) is 3.96. The van der Waals surface area contributed by atoms with Crippen molar-refractivity contribution in [1.29, 1.82) is 0 Å². The smallest absolute Gasteiger partial charge is 0.322 e. The maximum atomic E-state index is 12.6. The monoisotopic (exact) mass is 253 g/mol. The Kier molecular flexibility index (Phi) is 2.98. The van der Waals surface area contributed by atoms with Gasteiger partial charge in [0, 0.05) is 17.3 Å². The van der Waals surface area contributed by atoms with Gasteiger partial charge in [0.1, 0.15) is 0 Å². The lowest BCUT2D eigenvalue weighted by molar-refractivity contribution is -0.137. The first-order valence-corrected chi connectivity index (χ1v) is 5.25. The second kappa shape index (κ2) is 4.33. The normalized spacial score (nSPS) is 11.6. The molecule has 0 fully saturated rings. The summed E-state index contributed by atoms with van der Waals surface area (Å²) in [6.45, 7) is 1.77. The molecule has 0 saturated carbocycles. The highest BCUT2D eigenvalue weighted by atomic mass is 19.4. The average molecular weight is 253 g/mol. The van der Waals surface area contributed by atoms with E-state index in [9.17, 15) is 18.0 Å². The predicted molar refractivity (Wildman–Crippen MR) is 62.2 cm³/mol. The van der Waals surface area contributed by atoms with Crippen LogP contribution < -0.4 is 5.56 Å². The molecule has 1 heterocycles. The van der Waals surface area contributed by atoms with Gasteiger partial charge in [-0.3, -0.25) is 4.79 Å². The van der Waals surface area contributed by atoms with E-state index in [2.05, 4.69) is 4.98 Å². The first kappa shape index (κ1) is 12.4. The Hall–Kier alpha value is -2.04. The summed E-state index contributed by atoms with van der Waals surface area (Å²) in [5.41, 5.74) is -0.145.